The summed E-state index contributed by atoms with van der Waals surface area (Å²) in [6, 6.07) is 4.30. The second kappa shape index (κ2) is 7.57. The van der Waals surface area contributed by atoms with E-state index in [2.05, 4.69) is 34.0 Å². The quantitative estimate of drug-likeness (QED) is 0.815. The molecule has 0 bridgehead atoms. The molecule has 1 saturated heterocycles. The van der Waals surface area contributed by atoms with Gasteiger partial charge in [-0.2, -0.15) is 0 Å². The highest BCUT2D eigenvalue weighted by molar-refractivity contribution is 5.78. The number of aryl methyl sites for hydroxylation is 2. The zero-order valence-electron chi connectivity index (χ0n) is 14.4. The van der Waals surface area contributed by atoms with Crippen LogP contribution in [0.4, 0.5) is 0 Å². The Balaban J connectivity index is 1.72. The maximum absolute atomic E-state index is 11.5. The van der Waals surface area contributed by atoms with E-state index in [0.29, 0.717) is 6.42 Å². The van der Waals surface area contributed by atoms with Crippen molar-refractivity contribution in [3.8, 4) is 0 Å². The predicted molar refractivity (Wildman–Crippen MR) is 92.2 cm³/mol. The smallest absolute Gasteiger partial charge is 0.220 e. The largest absolute Gasteiger partial charge is 0.352 e. The van der Waals surface area contributed by atoms with E-state index in [1.165, 1.54) is 5.56 Å². The Labute approximate surface area is 142 Å². The molecular weight excluding hydrogens is 302 g/mol. The summed E-state index contributed by atoms with van der Waals surface area (Å²) in [5.74, 6) is 1.19. The molecule has 1 amide bonds. The number of hydrogen-bond acceptors (Lipinski definition) is 4. The van der Waals surface area contributed by atoms with Crippen molar-refractivity contribution in [3.63, 3.8) is 0 Å². The van der Waals surface area contributed by atoms with Gasteiger partial charge in [-0.25, -0.2) is 4.98 Å². The van der Waals surface area contributed by atoms with Crippen LogP contribution in [-0.2, 0) is 24.3 Å². The van der Waals surface area contributed by atoms with Crippen molar-refractivity contribution in [1.82, 2.24) is 25.2 Å². The number of carbonyl (C=O) groups excluding carboxylic acids is 1. The Hall–Kier alpha value is -2.21. The molecule has 0 radical (unpaired) electrons. The average Bonchev–Trinajstić information content (AvgIpc) is 3.14. The van der Waals surface area contributed by atoms with Crippen LogP contribution in [0.5, 0.6) is 0 Å². The van der Waals surface area contributed by atoms with Crippen LogP contribution >= 0.6 is 0 Å². The summed E-state index contributed by atoms with van der Waals surface area (Å²) in [4.78, 5) is 26.0. The fourth-order valence-corrected chi connectivity index (χ4v) is 3.15. The zero-order valence-corrected chi connectivity index (χ0v) is 14.4. The summed E-state index contributed by atoms with van der Waals surface area (Å²) >= 11 is 0. The molecule has 24 heavy (non-hydrogen) atoms. The first kappa shape index (κ1) is 16.6. The third-order valence-electron chi connectivity index (χ3n) is 4.46. The lowest BCUT2D eigenvalue weighted by Crippen LogP contribution is -2.38. The zero-order chi connectivity index (χ0) is 16.9. The van der Waals surface area contributed by atoms with Crippen LogP contribution in [0.1, 0.15) is 42.5 Å². The Bertz CT molecular complexity index is 682. The minimum atomic E-state index is 0.160. The number of hydrogen-bond donors (Lipinski definition) is 2. The number of H-pyrrole nitrogens is 1. The monoisotopic (exact) mass is 327 g/mol. The molecule has 0 aromatic carbocycles. The van der Waals surface area contributed by atoms with Crippen LogP contribution in [0.2, 0.25) is 0 Å². The van der Waals surface area contributed by atoms with Crippen LogP contribution in [0.25, 0.3) is 0 Å². The lowest BCUT2D eigenvalue weighted by molar-refractivity contribution is -0.119. The van der Waals surface area contributed by atoms with Crippen LogP contribution in [0, 0.1) is 6.92 Å². The molecule has 0 aliphatic carbocycles. The predicted octanol–water partition coefficient (Wildman–Crippen LogP) is 1.96. The highest BCUT2D eigenvalue weighted by atomic mass is 16.1. The second-order valence-electron chi connectivity index (χ2n) is 6.44. The van der Waals surface area contributed by atoms with Gasteiger partial charge in [0.25, 0.3) is 0 Å². The van der Waals surface area contributed by atoms with Crippen molar-refractivity contribution in [1.29, 1.82) is 0 Å². The van der Waals surface area contributed by atoms with Crippen molar-refractivity contribution >= 4 is 5.91 Å². The van der Waals surface area contributed by atoms with Gasteiger partial charge in [0.15, 0.2) is 0 Å². The molecule has 6 nitrogen and oxygen atoms in total. The van der Waals surface area contributed by atoms with Crippen molar-refractivity contribution in [2.75, 3.05) is 6.54 Å². The molecule has 1 aliphatic heterocycles. The molecule has 2 N–H and O–H groups in total. The van der Waals surface area contributed by atoms with Crippen molar-refractivity contribution < 1.29 is 4.79 Å². The SMILES string of the molecule is CCc1nc(CN(Cc2ccncc2)C[C@@H]2CCC(=O)N2)c(C)[nH]1. The number of aromatic nitrogens is 3. The van der Waals surface area contributed by atoms with Crippen LogP contribution < -0.4 is 5.32 Å². The third kappa shape index (κ3) is 4.20. The molecule has 3 rings (SSSR count). The molecule has 0 spiro atoms. The van der Waals surface area contributed by atoms with E-state index in [4.69, 9.17) is 4.98 Å². The van der Waals surface area contributed by atoms with E-state index in [1.54, 1.807) is 0 Å². The summed E-state index contributed by atoms with van der Waals surface area (Å²) in [5, 5.41) is 3.07. The molecule has 0 saturated carbocycles. The van der Waals surface area contributed by atoms with Gasteiger partial charge in [0.05, 0.1) is 5.69 Å². The Morgan fingerprint density at radius 3 is 2.71 bits per heavy atom. The molecular formula is C18H25N5O. The van der Waals surface area contributed by atoms with Gasteiger partial charge in [-0.1, -0.05) is 6.92 Å². The number of nitrogens with zero attached hydrogens (tertiary/aromatic N) is 3. The Kier molecular flexibility index (Phi) is 5.25. The topological polar surface area (TPSA) is 73.9 Å². The highest BCUT2D eigenvalue weighted by Gasteiger charge is 2.24. The summed E-state index contributed by atoms with van der Waals surface area (Å²) < 4.78 is 0. The number of rotatable bonds is 7. The number of carbonyl (C=O) groups is 1. The number of aromatic amines is 1. The maximum atomic E-state index is 11.5. The highest BCUT2D eigenvalue weighted by Crippen LogP contribution is 2.15. The van der Waals surface area contributed by atoms with E-state index in [-0.39, 0.29) is 11.9 Å². The summed E-state index contributed by atoms with van der Waals surface area (Å²) in [6.07, 6.45) is 6.09. The number of imidazole rings is 1. The summed E-state index contributed by atoms with van der Waals surface area (Å²) in [5.41, 5.74) is 3.44. The summed E-state index contributed by atoms with van der Waals surface area (Å²) in [7, 11) is 0. The normalized spacial score (nSPS) is 17.5. The molecule has 2 aromatic rings. The fourth-order valence-electron chi connectivity index (χ4n) is 3.15. The van der Waals surface area contributed by atoms with Gasteiger partial charge >= 0.3 is 0 Å². The number of nitrogens with one attached hydrogen (secondary N) is 2. The van der Waals surface area contributed by atoms with E-state index in [1.807, 2.05) is 24.5 Å². The van der Waals surface area contributed by atoms with E-state index >= 15 is 0 Å². The number of amides is 1. The molecule has 128 valence electrons. The van der Waals surface area contributed by atoms with Crippen LogP contribution in [-0.4, -0.2) is 38.3 Å². The fraction of sp³-hybridized carbons (Fsp3) is 0.500. The molecule has 6 heteroatoms. The van der Waals surface area contributed by atoms with Gasteiger partial charge in [-0.15, -0.1) is 0 Å². The first-order chi connectivity index (χ1) is 11.6. The molecule has 1 aliphatic rings. The molecule has 3 heterocycles. The molecule has 1 atom stereocenters. The Morgan fingerprint density at radius 1 is 1.29 bits per heavy atom. The summed E-state index contributed by atoms with van der Waals surface area (Å²) in [6.45, 7) is 6.61. The van der Waals surface area contributed by atoms with Gasteiger partial charge in [0.2, 0.25) is 5.91 Å². The maximum Gasteiger partial charge on any atom is 0.220 e. The first-order valence-corrected chi connectivity index (χ1v) is 8.59. The first-order valence-electron chi connectivity index (χ1n) is 8.59. The van der Waals surface area contributed by atoms with Crippen LogP contribution in [0.3, 0.4) is 0 Å². The van der Waals surface area contributed by atoms with Gasteiger partial charge in [0.1, 0.15) is 5.82 Å². The van der Waals surface area contributed by atoms with E-state index in [0.717, 1.165) is 49.7 Å². The van der Waals surface area contributed by atoms with Gasteiger partial charge in [-0.05, 0) is 31.0 Å². The van der Waals surface area contributed by atoms with Gasteiger partial charge in [-0.3, -0.25) is 14.7 Å². The van der Waals surface area contributed by atoms with Gasteiger partial charge < -0.3 is 10.3 Å². The van der Waals surface area contributed by atoms with Crippen molar-refractivity contribution in [3.05, 3.63) is 47.3 Å². The lowest BCUT2D eigenvalue weighted by atomic mass is 10.1. The minimum Gasteiger partial charge on any atom is -0.352 e. The standard InChI is InChI=1S/C18H25N5O/c1-3-17-20-13(2)16(22-17)12-23(10-14-6-8-19-9-7-14)11-15-4-5-18(24)21-15/h6-9,15H,3-5,10-12H2,1-2H3,(H,20,22)(H,21,24)/t15-/m0/s1. The molecule has 2 aromatic heterocycles. The average molecular weight is 327 g/mol. The van der Waals surface area contributed by atoms with Crippen molar-refractivity contribution in [2.45, 2.75) is 52.2 Å². The van der Waals surface area contributed by atoms with Gasteiger partial charge in [0, 0.05) is 56.6 Å². The minimum absolute atomic E-state index is 0.160. The van der Waals surface area contributed by atoms with Crippen molar-refractivity contribution in [2.24, 2.45) is 0 Å². The lowest BCUT2D eigenvalue weighted by Gasteiger charge is -2.25. The molecule has 1 fully saturated rings. The number of pyridine rings is 1. The van der Waals surface area contributed by atoms with E-state index < -0.39 is 0 Å². The Morgan fingerprint density at radius 2 is 2.08 bits per heavy atom. The third-order valence-corrected chi connectivity index (χ3v) is 4.46. The van der Waals surface area contributed by atoms with E-state index in [9.17, 15) is 4.79 Å². The van der Waals surface area contributed by atoms with Crippen LogP contribution in [0.15, 0.2) is 24.5 Å². The molecule has 0 unspecified atom stereocenters. The second-order valence-corrected chi connectivity index (χ2v) is 6.44.